The number of nitrogens with one attached hydrogen (secondary N) is 1. The minimum absolute atomic E-state index is 0.129. The van der Waals surface area contributed by atoms with E-state index in [1.54, 1.807) is 30.3 Å². The number of carbonyl (C=O) groups excluding carboxylic acids is 2. The summed E-state index contributed by atoms with van der Waals surface area (Å²) in [6.07, 6.45) is 0.791. The Hall–Kier alpha value is -4.90. The fraction of sp³-hybridized carbons (Fsp3) is 0.278. The van der Waals surface area contributed by atoms with Crippen molar-refractivity contribution in [2.75, 3.05) is 31.6 Å². The fourth-order valence-electron chi connectivity index (χ4n) is 5.07. The number of carbonyl (C=O) groups is 2. The van der Waals surface area contributed by atoms with Gasteiger partial charge in [0.15, 0.2) is 11.5 Å². The Kier molecular flexibility index (Phi) is 12.0. The summed E-state index contributed by atoms with van der Waals surface area (Å²) in [5.41, 5.74) is 2.09. The van der Waals surface area contributed by atoms with Gasteiger partial charge >= 0.3 is 0 Å². The largest absolute Gasteiger partial charge is 0.493 e. The zero-order chi connectivity index (χ0) is 34.0. The van der Waals surface area contributed by atoms with Gasteiger partial charge < -0.3 is 19.7 Å². The molecule has 0 fully saturated rings. The van der Waals surface area contributed by atoms with Crippen LogP contribution in [0, 0.1) is 12.7 Å². The summed E-state index contributed by atoms with van der Waals surface area (Å²) in [7, 11) is -1.54. The number of amides is 2. The van der Waals surface area contributed by atoms with Crippen LogP contribution in [-0.2, 0) is 32.6 Å². The second kappa shape index (κ2) is 16.1. The number of nitrogens with zero attached hydrogens (tertiary/aromatic N) is 2. The van der Waals surface area contributed by atoms with Crippen molar-refractivity contribution in [3.63, 3.8) is 0 Å². The predicted molar refractivity (Wildman–Crippen MR) is 179 cm³/mol. The van der Waals surface area contributed by atoms with Gasteiger partial charge in [-0.3, -0.25) is 13.9 Å². The third kappa shape index (κ3) is 8.68. The minimum atomic E-state index is -4.38. The van der Waals surface area contributed by atoms with Crippen molar-refractivity contribution in [1.29, 1.82) is 0 Å². The van der Waals surface area contributed by atoms with Crippen LogP contribution in [0.1, 0.15) is 30.0 Å². The van der Waals surface area contributed by atoms with Crippen LogP contribution in [0.3, 0.4) is 0 Å². The first kappa shape index (κ1) is 35.0. The third-order valence-corrected chi connectivity index (χ3v) is 9.43. The lowest BCUT2D eigenvalue weighted by atomic mass is 10.0. The molecule has 1 N–H and O–H groups in total. The van der Waals surface area contributed by atoms with Crippen LogP contribution in [0.2, 0.25) is 0 Å². The molecule has 1 unspecified atom stereocenters. The molecule has 0 heterocycles. The first-order chi connectivity index (χ1) is 22.6. The second-order valence-electron chi connectivity index (χ2n) is 11.0. The molecule has 248 valence electrons. The summed E-state index contributed by atoms with van der Waals surface area (Å²) in [4.78, 5) is 29.3. The van der Waals surface area contributed by atoms with Gasteiger partial charge in [0.2, 0.25) is 11.8 Å². The Balaban J connectivity index is 1.82. The zero-order valence-electron chi connectivity index (χ0n) is 27.0. The van der Waals surface area contributed by atoms with Gasteiger partial charge in [0.25, 0.3) is 10.0 Å². The van der Waals surface area contributed by atoms with Crippen molar-refractivity contribution in [3.8, 4) is 11.5 Å². The van der Waals surface area contributed by atoms with Crippen molar-refractivity contribution >= 4 is 27.5 Å². The van der Waals surface area contributed by atoms with Crippen molar-refractivity contribution < 1.29 is 31.9 Å². The van der Waals surface area contributed by atoms with Crippen LogP contribution >= 0.6 is 0 Å². The molecule has 47 heavy (non-hydrogen) atoms. The highest BCUT2D eigenvalue weighted by Gasteiger charge is 2.35. The van der Waals surface area contributed by atoms with Crippen molar-refractivity contribution in [3.05, 3.63) is 120 Å². The summed E-state index contributed by atoms with van der Waals surface area (Å²) in [5.74, 6) is -1.13. The van der Waals surface area contributed by atoms with Gasteiger partial charge in [-0.15, -0.1) is 0 Å². The average Bonchev–Trinajstić information content (AvgIpc) is 3.08. The van der Waals surface area contributed by atoms with Crippen LogP contribution in [0.25, 0.3) is 0 Å². The molecule has 4 rings (SSSR count). The number of aryl methyl sites for hydroxylation is 1. The molecule has 9 nitrogen and oxygen atoms in total. The van der Waals surface area contributed by atoms with Crippen LogP contribution < -0.4 is 19.1 Å². The molecule has 11 heteroatoms. The molecule has 1 atom stereocenters. The maximum absolute atomic E-state index is 15.0. The molecular weight excluding hydrogens is 621 g/mol. The summed E-state index contributed by atoms with van der Waals surface area (Å²) >= 11 is 0. The first-order valence-corrected chi connectivity index (χ1v) is 16.7. The Labute approximate surface area is 276 Å². The van der Waals surface area contributed by atoms with E-state index >= 15 is 4.39 Å². The number of anilines is 1. The highest BCUT2D eigenvalue weighted by Crippen LogP contribution is 2.32. The van der Waals surface area contributed by atoms with Crippen molar-refractivity contribution in [2.45, 2.75) is 44.2 Å². The van der Waals surface area contributed by atoms with Gasteiger partial charge in [0.1, 0.15) is 18.4 Å². The first-order valence-electron chi connectivity index (χ1n) is 15.2. The van der Waals surface area contributed by atoms with Crippen molar-refractivity contribution in [1.82, 2.24) is 10.2 Å². The summed E-state index contributed by atoms with van der Waals surface area (Å²) < 4.78 is 55.3. The predicted octanol–water partition coefficient (Wildman–Crippen LogP) is 5.51. The Morgan fingerprint density at radius 3 is 2.17 bits per heavy atom. The molecule has 0 aromatic heterocycles. The Morgan fingerprint density at radius 2 is 1.53 bits per heavy atom. The van der Waals surface area contributed by atoms with E-state index in [2.05, 4.69) is 5.32 Å². The highest BCUT2D eigenvalue weighted by molar-refractivity contribution is 7.92. The lowest BCUT2D eigenvalue weighted by Gasteiger charge is -2.34. The number of benzene rings is 4. The quantitative estimate of drug-likeness (QED) is 0.180. The van der Waals surface area contributed by atoms with Gasteiger partial charge in [0.05, 0.1) is 24.8 Å². The van der Waals surface area contributed by atoms with E-state index in [0.717, 1.165) is 15.4 Å². The van der Waals surface area contributed by atoms with Crippen molar-refractivity contribution in [2.24, 2.45) is 0 Å². The molecule has 2 amide bonds. The van der Waals surface area contributed by atoms with Crippen LogP contribution in [0.4, 0.5) is 10.1 Å². The summed E-state index contributed by atoms with van der Waals surface area (Å²) in [5, 5.41) is 2.88. The smallest absolute Gasteiger partial charge is 0.264 e. The van der Waals surface area contributed by atoms with E-state index < -0.39 is 40.2 Å². The lowest BCUT2D eigenvalue weighted by molar-refractivity contribution is -0.140. The van der Waals surface area contributed by atoms with E-state index in [1.807, 2.05) is 44.2 Å². The fourth-order valence-corrected chi connectivity index (χ4v) is 6.50. The van der Waals surface area contributed by atoms with E-state index in [-0.39, 0.29) is 34.9 Å². The second-order valence-corrected chi connectivity index (χ2v) is 12.8. The molecule has 0 radical (unpaired) electrons. The third-order valence-electron chi connectivity index (χ3n) is 7.66. The van der Waals surface area contributed by atoms with E-state index in [9.17, 15) is 18.0 Å². The molecule has 4 aromatic carbocycles. The Bertz CT molecular complexity index is 1770. The lowest BCUT2D eigenvalue weighted by Crippen LogP contribution is -2.53. The molecule has 0 aliphatic rings. The molecule has 0 saturated heterocycles. The number of halogens is 1. The maximum atomic E-state index is 15.0. The maximum Gasteiger partial charge on any atom is 0.264 e. The highest BCUT2D eigenvalue weighted by atomic mass is 32.2. The van der Waals surface area contributed by atoms with Crippen LogP contribution in [0.5, 0.6) is 11.5 Å². The minimum Gasteiger partial charge on any atom is -0.493 e. The normalized spacial score (nSPS) is 11.8. The average molecular weight is 662 g/mol. The molecule has 0 saturated carbocycles. The number of rotatable bonds is 15. The molecule has 0 aliphatic heterocycles. The standard InChI is InChI=1S/C36H40FN3O6S/c1-5-21-38-36(42)32(22-27-11-7-6-8-12-27)39(24-28-13-9-10-14-31(28)37)35(41)25-40(29-17-15-26(2)16-18-29)47(43,44)30-19-20-33(45-3)34(23-30)46-4/h6-20,23,32H,5,21-22,24-25H2,1-4H3,(H,38,42). The van der Waals surface area contributed by atoms with E-state index in [4.69, 9.17) is 9.47 Å². The van der Waals surface area contributed by atoms with Gasteiger partial charge in [-0.1, -0.05) is 73.2 Å². The van der Waals surface area contributed by atoms with Crippen LogP contribution in [-0.4, -0.2) is 58.5 Å². The summed E-state index contributed by atoms with van der Waals surface area (Å²) in [6, 6.07) is 25.0. The number of hydrogen-bond acceptors (Lipinski definition) is 6. The van der Waals surface area contributed by atoms with E-state index in [0.29, 0.717) is 18.7 Å². The SMILES string of the molecule is CCCNC(=O)C(Cc1ccccc1)N(Cc1ccccc1F)C(=O)CN(c1ccc(C)cc1)S(=O)(=O)c1ccc(OC)c(OC)c1. The van der Waals surface area contributed by atoms with Gasteiger partial charge in [0, 0.05) is 31.1 Å². The zero-order valence-corrected chi connectivity index (χ0v) is 27.8. The van der Waals surface area contributed by atoms with E-state index in [1.165, 1.54) is 55.5 Å². The number of sulfonamides is 1. The topological polar surface area (TPSA) is 105 Å². The molecular formula is C36H40FN3O6S. The monoisotopic (exact) mass is 661 g/mol. The summed E-state index contributed by atoms with van der Waals surface area (Å²) in [6.45, 7) is 3.21. The molecule has 0 spiro atoms. The Morgan fingerprint density at radius 1 is 0.872 bits per heavy atom. The van der Waals surface area contributed by atoms with Gasteiger partial charge in [-0.2, -0.15) is 0 Å². The number of methoxy groups -OCH3 is 2. The number of hydrogen-bond donors (Lipinski definition) is 1. The molecule has 0 aliphatic carbocycles. The molecule has 0 bridgehead atoms. The number of ether oxygens (including phenoxy) is 2. The molecule has 4 aromatic rings. The van der Waals surface area contributed by atoms with Gasteiger partial charge in [-0.05, 0) is 49.2 Å². The van der Waals surface area contributed by atoms with Crippen LogP contribution in [0.15, 0.2) is 102 Å². The van der Waals surface area contributed by atoms with Gasteiger partial charge in [-0.25, -0.2) is 12.8 Å².